The third kappa shape index (κ3) is 3.60. The van der Waals surface area contributed by atoms with E-state index in [0.29, 0.717) is 6.42 Å². The van der Waals surface area contributed by atoms with Gasteiger partial charge in [-0.1, -0.05) is 18.2 Å². The Morgan fingerprint density at radius 2 is 1.83 bits per heavy atom. The first-order valence-electron chi connectivity index (χ1n) is 5.65. The molecule has 2 N–H and O–H groups in total. The molecule has 2 aromatic rings. The highest BCUT2D eigenvalue weighted by atomic mass is 32.2. The Labute approximate surface area is 110 Å². The van der Waals surface area contributed by atoms with Gasteiger partial charge in [-0.2, -0.15) is 0 Å². The number of aromatic nitrogens is 1. The molecule has 3 nitrogen and oxygen atoms in total. The molecule has 1 aromatic heterocycles. The zero-order chi connectivity index (χ0) is 12.8. The molecule has 1 amide bonds. The fourth-order valence-electron chi connectivity index (χ4n) is 1.60. The average molecular weight is 258 g/mol. The number of carbonyl (C=O) groups excluding carboxylic acids is 1. The molecular formula is C14H14N2OS. The molecule has 0 aliphatic carbocycles. The molecule has 1 unspecified atom stereocenters. The predicted octanol–water partition coefficient (Wildman–Crippen LogP) is 2.27. The number of nitrogens with zero attached hydrogens (tertiary/aromatic N) is 1. The van der Waals surface area contributed by atoms with Gasteiger partial charge in [0.15, 0.2) is 0 Å². The molecule has 1 aromatic carbocycles. The monoisotopic (exact) mass is 258 g/mol. The summed E-state index contributed by atoms with van der Waals surface area (Å²) in [6, 6.07) is 13.6. The standard InChI is InChI=1S/C14H14N2OS/c15-14(17)13(10-11-6-8-16-9-7-11)18-12-4-2-1-3-5-12/h1-9,13H,10H2,(H2,15,17). The normalized spacial score (nSPS) is 12.0. The van der Waals surface area contributed by atoms with E-state index in [1.54, 1.807) is 12.4 Å². The van der Waals surface area contributed by atoms with E-state index in [0.717, 1.165) is 10.5 Å². The molecular weight excluding hydrogens is 244 g/mol. The van der Waals surface area contributed by atoms with Gasteiger partial charge in [-0.05, 0) is 36.2 Å². The number of pyridine rings is 1. The van der Waals surface area contributed by atoms with Gasteiger partial charge in [0.1, 0.15) is 0 Å². The number of thioether (sulfide) groups is 1. The number of hydrogen-bond acceptors (Lipinski definition) is 3. The van der Waals surface area contributed by atoms with Crippen molar-refractivity contribution in [1.29, 1.82) is 0 Å². The molecule has 1 heterocycles. The predicted molar refractivity (Wildman–Crippen MR) is 73.2 cm³/mol. The van der Waals surface area contributed by atoms with Gasteiger partial charge in [-0.15, -0.1) is 11.8 Å². The van der Waals surface area contributed by atoms with Gasteiger partial charge >= 0.3 is 0 Å². The maximum atomic E-state index is 11.5. The molecule has 0 aliphatic rings. The van der Waals surface area contributed by atoms with Crippen molar-refractivity contribution in [1.82, 2.24) is 4.98 Å². The number of amides is 1. The maximum absolute atomic E-state index is 11.5. The summed E-state index contributed by atoms with van der Waals surface area (Å²) in [5.41, 5.74) is 6.52. The molecule has 1 atom stereocenters. The first-order valence-corrected chi connectivity index (χ1v) is 6.53. The van der Waals surface area contributed by atoms with Crippen LogP contribution in [0.3, 0.4) is 0 Å². The Morgan fingerprint density at radius 1 is 1.17 bits per heavy atom. The molecule has 0 fully saturated rings. The van der Waals surface area contributed by atoms with Crippen LogP contribution in [0.1, 0.15) is 5.56 Å². The van der Waals surface area contributed by atoms with E-state index in [9.17, 15) is 4.79 Å². The first-order chi connectivity index (χ1) is 8.75. The summed E-state index contributed by atoms with van der Waals surface area (Å²) in [6.07, 6.45) is 4.07. The minimum Gasteiger partial charge on any atom is -0.369 e. The highest BCUT2D eigenvalue weighted by Gasteiger charge is 2.17. The minimum absolute atomic E-state index is 0.255. The van der Waals surface area contributed by atoms with E-state index in [1.807, 2.05) is 42.5 Å². The molecule has 0 spiro atoms. The van der Waals surface area contributed by atoms with Crippen LogP contribution in [0.15, 0.2) is 59.8 Å². The Bertz CT molecular complexity index is 460. The van der Waals surface area contributed by atoms with E-state index in [-0.39, 0.29) is 11.2 Å². The van der Waals surface area contributed by atoms with Gasteiger partial charge in [-0.25, -0.2) is 0 Å². The van der Waals surface area contributed by atoms with Crippen molar-refractivity contribution in [2.45, 2.75) is 16.6 Å². The van der Waals surface area contributed by atoms with Crippen molar-refractivity contribution in [3.8, 4) is 0 Å². The van der Waals surface area contributed by atoms with Gasteiger partial charge in [0.05, 0.1) is 5.25 Å². The second kappa shape index (κ2) is 6.21. The molecule has 0 aliphatic heterocycles. The van der Waals surface area contributed by atoms with Crippen LogP contribution in [0, 0.1) is 0 Å². The summed E-state index contributed by atoms with van der Waals surface area (Å²) in [7, 11) is 0. The fraction of sp³-hybridized carbons (Fsp3) is 0.143. The zero-order valence-corrected chi connectivity index (χ0v) is 10.6. The maximum Gasteiger partial charge on any atom is 0.231 e. The molecule has 92 valence electrons. The highest BCUT2D eigenvalue weighted by Crippen LogP contribution is 2.25. The largest absolute Gasteiger partial charge is 0.369 e. The van der Waals surface area contributed by atoms with Crippen molar-refractivity contribution in [3.63, 3.8) is 0 Å². The minimum atomic E-state index is -0.291. The smallest absolute Gasteiger partial charge is 0.231 e. The van der Waals surface area contributed by atoms with Crippen LogP contribution in [0.25, 0.3) is 0 Å². The van der Waals surface area contributed by atoms with Crippen LogP contribution in [0.5, 0.6) is 0 Å². The molecule has 2 rings (SSSR count). The van der Waals surface area contributed by atoms with Crippen molar-refractivity contribution >= 4 is 17.7 Å². The zero-order valence-electron chi connectivity index (χ0n) is 9.82. The van der Waals surface area contributed by atoms with Gasteiger partial charge in [0, 0.05) is 17.3 Å². The number of nitrogens with two attached hydrogens (primary N) is 1. The van der Waals surface area contributed by atoms with Crippen molar-refractivity contribution in [2.75, 3.05) is 0 Å². The SMILES string of the molecule is NC(=O)C(Cc1ccncc1)Sc1ccccc1. The molecule has 0 bridgehead atoms. The number of benzene rings is 1. The van der Waals surface area contributed by atoms with Gasteiger partial charge in [0.25, 0.3) is 0 Å². The summed E-state index contributed by atoms with van der Waals surface area (Å²) < 4.78 is 0. The average Bonchev–Trinajstić information content (AvgIpc) is 2.40. The molecule has 4 heteroatoms. The van der Waals surface area contributed by atoms with Crippen LogP contribution >= 0.6 is 11.8 Å². The fourth-order valence-corrected chi connectivity index (χ4v) is 2.63. The number of rotatable bonds is 5. The van der Waals surface area contributed by atoms with Crippen molar-refractivity contribution < 1.29 is 4.79 Å². The molecule has 0 radical (unpaired) electrons. The van der Waals surface area contributed by atoms with E-state index in [1.165, 1.54) is 11.8 Å². The van der Waals surface area contributed by atoms with Crippen molar-refractivity contribution in [3.05, 3.63) is 60.4 Å². The summed E-state index contributed by atoms with van der Waals surface area (Å²) in [4.78, 5) is 16.5. The first kappa shape index (κ1) is 12.6. The van der Waals surface area contributed by atoms with Crippen LogP contribution in [-0.4, -0.2) is 16.1 Å². The third-order valence-electron chi connectivity index (χ3n) is 2.51. The van der Waals surface area contributed by atoms with Gasteiger partial charge in [0.2, 0.25) is 5.91 Å². The second-order valence-corrected chi connectivity index (χ2v) is 5.16. The number of primary amides is 1. The van der Waals surface area contributed by atoms with E-state index in [2.05, 4.69) is 4.98 Å². The lowest BCUT2D eigenvalue weighted by molar-refractivity contribution is -0.117. The highest BCUT2D eigenvalue weighted by molar-refractivity contribution is 8.00. The lowest BCUT2D eigenvalue weighted by Crippen LogP contribution is -2.27. The Balaban J connectivity index is 2.08. The Hall–Kier alpha value is -1.81. The summed E-state index contributed by atoms with van der Waals surface area (Å²) in [6.45, 7) is 0. The number of carbonyl (C=O) groups is 1. The third-order valence-corrected chi connectivity index (χ3v) is 3.74. The Kier molecular flexibility index (Phi) is 4.36. The van der Waals surface area contributed by atoms with Gasteiger partial charge in [-0.3, -0.25) is 9.78 Å². The van der Waals surface area contributed by atoms with Crippen LogP contribution < -0.4 is 5.73 Å². The molecule has 0 saturated heterocycles. The lowest BCUT2D eigenvalue weighted by atomic mass is 10.1. The van der Waals surface area contributed by atoms with E-state index >= 15 is 0 Å². The van der Waals surface area contributed by atoms with Gasteiger partial charge < -0.3 is 5.73 Å². The lowest BCUT2D eigenvalue weighted by Gasteiger charge is -2.12. The van der Waals surface area contributed by atoms with E-state index < -0.39 is 0 Å². The van der Waals surface area contributed by atoms with Crippen LogP contribution in [0.2, 0.25) is 0 Å². The Morgan fingerprint density at radius 3 is 2.44 bits per heavy atom. The second-order valence-electron chi connectivity index (χ2n) is 3.88. The summed E-state index contributed by atoms with van der Waals surface area (Å²) in [5.74, 6) is -0.291. The summed E-state index contributed by atoms with van der Waals surface area (Å²) in [5, 5.41) is -0.255. The molecule has 0 saturated carbocycles. The summed E-state index contributed by atoms with van der Waals surface area (Å²) >= 11 is 1.50. The van der Waals surface area contributed by atoms with Crippen LogP contribution in [0.4, 0.5) is 0 Å². The van der Waals surface area contributed by atoms with Crippen molar-refractivity contribution in [2.24, 2.45) is 5.73 Å². The number of hydrogen-bond donors (Lipinski definition) is 1. The topological polar surface area (TPSA) is 56.0 Å². The molecule has 18 heavy (non-hydrogen) atoms. The quantitative estimate of drug-likeness (QED) is 0.837. The van der Waals surface area contributed by atoms with E-state index in [4.69, 9.17) is 5.73 Å². The van der Waals surface area contributed by atoms with Crippen LogP contribution in [-0.2, 0) is 11.2 Å².